The van der Waals surface area contributed by atoms with Gasteiger partial charge in [-0.2, -0.15) is 0 Å². The number of amides is 1. The highest BCUT2D eigenvalue weighted by Gasteiger charge is 1.97. The molecule has 1 N–H and O–H groups in total. The molecule has 0 unspecified atom stereocenters. The zero-order valence-corrected chi connectivity index (χ0v) is 11.1. The number of hydrogen-bond donors (Lipinski definition) is 1. The van der Waals surface area contributed by atoms with Crippen LogP contribution in [0.2, 0.25) is 0 Å². The number of carbonyl (C=O) groups excluding carboxylic acids is 1. The fourth-order valence-corrected chi connectivity index (χ4v) is 1.65. The van der Waals surface area contributed by atoms with Gasteiger partial charge in [0, 0.05) is 11.8 Å². The molecule has 0 aliphatic carbocycles. The van der Waals surface area contributed by atoms with Gasteiger partial charge in [0.1, 0.15) is 0 Å². The Kier molecular flexibility index (Phi) is 4.31. The van der Waals surface area contributed by atoms with Crippen molar-refractivity contribution in [3.05, 3.63) is 77.2 Å². The largest absolute Gasteiger partial charge is 0.323 e. The van der Waals surface area contributed by atoms with Crippen molar-refractivity contribution in [2.24, 2.45) is 0 Å². The second kappa shape index (κ2) is 6.35. The molecular formula is C17H14N2O. The predicted octanol–water partition coefficient (Wildman–Crippen LogP) is 4.20. The molecule has 0 saturated carbocycles. The Bertz CT molecular complexity index is 662. The Labute approximate surface area is 118 Å². The van der Waals surface area contributed by atoms with Crippen molar-refractivity contribution >= 4 is 23.4 Å². The molecule has 0 aliphatic heterocycles. The standard InChI is InChI=1S/C17H14N2O/c1-13-3-8-16(9-4-13)19-17(20)12-7-14-5-10-15(18-2)11-6-14/h3-12H,1H3,(H,19,20)/b12-7+. The van der Waals surface area contributed by atoms with Gasteiger partial charge < -0.3 is 5.32 Å². The molecule has 3 nitrogen and oxygen atoms in total. The van der Waals surface area contributed by atoms with Crippen LogP contribution in [-0.4, -0.2) is 5.91 Å². The summed E-state index contributed by atoms with van der Waals surface area (Å²) in [6.45, 7) is 8.87. The van der Waals surface area contributed by atoms with Gasteiger partial charge in [0.05, 0.1) is 6.57 Å². The molecule has 0 spiro atoms. The van der Waals surface area contributed by atoms with Gasteiger partial charge in [-0.05, 0) is 30.7 Å². The summed E-state index contributed by atoms with van der Waals surface area (Å²) in [7, 11) is 0. The summed E-state index contributed by atoms with van der Waals surface area (Å²) in [5.74, 6) is -0.178. The molecule has 0 fully saturated rings. The summed E-state index contributed by atoms with van der Waals surface area (Å²) in [6.07, 6.45) is 3.20. The molecule has 0 saturated heterocycles. The van der Waals surface area contributed by atoms with E-state index in [-0.39, 0.29) is 5.91 Å². The van der Waals surface area contributed by atoms with Crippen molar-refractivity contribution in [2.45, 2.75) is 6.92 Å². The SMILES string of the molecule is [C-]#[N+]c1ccc(/C=C/C(=O)Nc2ccc(C)cc2)cc1. The maximum absolute atomic E-state index is 11.7. The van der Waals surface area contributed by atoms with Crippen LogP contribution in [0.5, 0.6) is 0 Å². The Hall–Kier alpha value is -2.86. The van der Waals surface area contributed by atoms with E-state index in [1.807, 2.05) is 43.3 Å². The molecule has 0 aromatic heterocycles. The first-order valence-electron chi connectivity index (χ1n) is 6.20. The van der Waals surface area contributed by atoms with Crippen LogP contribution in [-0.2, 0) is 4.79 Å². The Morgan fingerprint density at radius 2 is 1.75 bits per heavy atom. The minimum atomic E-state index is -0.178. The van der Waals surface area contributed by atoms with Crippen molar-refractivity contribution in [1.29, 1.82) is 0 Å². The highest BCUT2D eigenvalue weighted by atomic mass is 16.1. The molecule has 2 aromatic carbocycles. The first-order valence-corrected chi connectivity index (χ1v) is 6.20. The molecule has 3 heteroatoms. The summed E-state index contributed by atoms with van der Waals surface area (Å²) in [5.41, 5.74) is 3.40. The summed E-state index contributed by atoms with van der Waals surface area (Å²) >= 11 is 0. The molecule has 2 rings (SSSR count). The van der Waals surface area contributed by atoms with Gasteiger partial charge >= 0.3 is 0 Å². The highest BCUT2D eigenvalue weighted by Crippen LogP contribution is 2.13. The number of nitrogens with zero attached hydrogens (tertiary/aromatic N) is 1. The monoisotopic (exact) mass is 262 g/mol. The van der Waals surface area contributed by atoms with E-state index >= 15 is 0 Å². The van der Waals surface area contributed by atoms with Crippen LogP contribution in [0.15, 0.2) is 54.6 Å². The third-order valence-electron chi connectivity index (χ3n) is 2.77. The van der Waals surface area contributed by atoms with Gasteiger partial charge in [-0.3, -0.25) is 4.79 Å². The lowest BCUT2D eigenvalue weighted by Crippen LogP contribution is -2.07. The van der Waals surface area contributed by atoms with Gasteiger partial charge in [-0.15, -0.1) is 0 Å². The summed E-state index contributed by atoms with van der Waals surface area (Å²) < 4.78 is 0. The second-order valence-electron chi connectivity index (χ2n) is 4.39. The molecule has 0 radical (unpaired) electrons. The van der Waals surface area contributed by atoms with E-state index in [4.69, 9.17) is 6.57 Å². The predicted molar refractivity (Wildman–Crippen MR) is 81.5 cm³/mol. The number of anilines is 1. The van der Waals surface area contributed by atoms with Crippen molar-refractivity contribution in [3.63, 3.8) is 0 Å². The third kappa shape index (κ3) is 3.82. The van der Waals surface area contributed by atoms with Crippen molar-refractivity contribution in [3.8, 4) is 0 Å². The maximum atomic E-state index is 11.7. The van der Waals surface area contributed by atoms with E-state index < -0.39 is 0 Å². The zero-order valence-electron chi connectivity index (χ0n) is 11.1. The van der Waals surface area contributed by atoms with E-state index in [2.05, 4.69) is 10.2 Å². The van der Waals surface area contributed by atoms with Gasteiger partial charge in [0.25, 0.3) is 0 Å². The third-order valence-corrected chi connectivity index (χ3v) is 2.77. The quantitative estimate of drug-likeness (QED) is 0.652. The van der Waals surface area contributed by atoms with E-state index in [1.165, 1.54) is 6.08 Å². The average molecular weight is 262 g/mol. The lowest BCUT2D eigenvalue weighted by Gasteiger charge is -2.02. The molecule has 0 aliphatic rings. The molecule has 0 bridgehead atoms. The van der Waals surface area contributed by atoms with E-state index in [1.54, 1.807) is 18.2 Å². The van der Waals surface area contributed by atoms with Crippen LogP contribution in [0.4, 0.5) is 11.4 Å². The number of nitrogens with one attached hydrogen (secondary N) is 1. The normalized spacial score (nSPS) is 10.2. The molecular weight excluding hydrogens is 248 g/mol. The minimum Gasteiger partial charge on any atom is -0.323 e. The number of benzene rings is 2. The molecule has 20 heavy (non-hydrogen) atoms. The first kappa shape index (κ1) is 13.6. The lowest BCUT2D eigenvalue weighted by atomic mass is 10.2. The van der Waals surface area contributed by atoms with Crippen molar-refractivity contribution in [2.75, 3.05) is 5.32 Å². The highest BCUT2D eigenvalue weighted by molar-refractivity contribution is 6.01. The molecule has 2 aromatic rings. The second-order valence-corrected chi connectivity index (χ2v) is 4.39. The number of hydrogen-bond acceptors (Lipinski definition) is 1. The summed E-state index contributed by atoms with van der Waals surface area (Å²) in [5, 5.41) is 2.79. The van der Waals surface area contributed by atoms with Gasteiger partial charge in [-0.25, -0.2) is 4.85 Å². The Morgan fingerprint density at radius 1 is 1.10 bits per heavy atom. The minimum absolute atomic E-state index is 0.178. The molecule has 1 amide bonds. The van der Waals surface area contributed by atoms with E-state index in [0.29, 0.717) is 5.69 Å². The van der Waals surface area contributed by atoms with E-state index in [9.17, 15) is 4.79 Å². The van der Waals surface area contributed by atoms with Crippen LogP contribution in [0, 0.1) is 13.5 Å². The molecule has 0 atom stereocenters. The fourth-order valence-electron chi connectivity index (χ4n) is 1.65. The van der Waals surface area contributed by atoms with Crippen LogP contribution < -0.4 is 5.32 Å². The van der Waals surface area contributed by atoms with Crippen molar-refractivity contribution in [1.82, 2.24) is 0 Å². The summed E-state index contributed by atoms with van der Waals surface area (Å²) in [4.78, 5) is 15.1. The fraction of sp³-hybridized carbons (Fsp3) is 0.0588. The maximum Gasteiger partial charge on any atom is 0.248 e. The van der Waals surface area contributed by atoms with Gasteiger partial charge in [0.2, 0.25) is 5.91 Å². The smallest absolute Gasteiger partial charge is 0.248 e. The van der Waals surface area contributed by atoms with Gasteiger partial charge in [0.15, 0.2) is 5.69 Å². The number of rotatable bonds is 3. The number of aryl methyl sites for hydroxylation is 1. The Balaban J connectivity index is 1.98. The lowest BCUT2D eigenvalue weighted by molar-refractivity contribution is -0.111. The van der Waals surface area contributed by atoms with Crippen LogP contribution >= 0.6 is 0 Å². The van der Waals surface area contributed by atoms with Crippen LogP contribution in [0.1, 0.15) is 11.1 Å². The van der Waals surface area contributed by atoms with Gasteiger partial charge in [-0.1, -0.05) is 42.0 Å². The average Bonchev–Trinajstić information content (AvgIpc) is 2.48. The van der Waals surface area contributed by atoms with E-state index in [0.717, 1.165) is 16.8 Å². The first-order chi connectivity index (χ1) is 9.67. The van der Waals surface area contributed by atoms with Crippen LogP contribution in [0.3, 0.4) is 0 Å². The van der Waals surface area contributed by atoms with Crippen LogP contribution in [0.25, 0.3) is 10.9 Å². The Morgan fingerprint density at radius 3 is 2.35 bits per heavy atom. The topological polar surface area (TPSA) is 33.5 Å². The molecule has 0 heterocycles. The molecule has 98 valence electrons. The zero-order chi connectivity index (χ0) is 14.4. The van der Waals surface area contributed by atoms with Crippen molar-refractivity contribution < 1.29 is 4.79 Å². The number of carbonyl (C=O) groups is 1. The summed E-state index contributed by atoms with van der Waals surface area (Å²) in [6, 6.07) is 14.7.